The Morgan fingerprint density at radius 3 is 2.75 bits per heavy atom. The number of carbonyl (C=O) groups excluding carboxylic acids is 1. The monoisotopic (exact) mass is 489 g/mol. The summed E-state index contributed by atoms with van der Waals surface area (Å²) in [4.78, 5) is 24.2. The third-order valence-corrected chi connectivity index (χ3v) is 6.67. The van der Waals surface area contributed by atoms with E-state index in [9.17, 15) is 4.79 Å². The maximum absolute atomic E-state index is 12.7. The van der Waals surface area contributed by atoms with E-state index in [2.05, 4.69) is 41.7 Å². The molecule has 1 amide bonds. The van der Waals surface area contributed by atoms with Crippen molar-refractivity contribution >= 4 is 29.1 Å². The first-order chi connectivity index (χ1) is 17.5. The number of fused-ring (bicyclic) bond motifs is 1. The highest BCUT2D eigenvalue weighted by Crippen LogP contribution is 2.32. The summed E-state index contributed by atoms with van der Waals surface area (Å²) in [6.07, 6.45) is 9.27. The molecule has 36 heavy (non-hydrogen) atoms. The molecule has 0 radical (unpaired) electrons. The van der Waals surface area contributed by atoms with E-state index < -0.39 is 0 Å². The third kappa shape index (κ3) is 5.36. The molecule has 1 aliphatic heterocycles. The molecule has 5 rings (SSSR count). The van der Waals surface area contributed by atoms with Crippen LogP contribution in [0, 0.1) is 0 Å². The molecule has 3 heterocycles. The molecular weight excluding hydrogens is 454 g/mol. The van der Waals surface area contributed by atoms with Crippen LogP contribution in [-0.2, 0) is 16.1 Å². The molecule has 0 spiro atoms. The van der Waals surface area contributed by atoms with Crippen LogP contribution in [0.4, 0.5) is 17.6 Å². The lowest BCUT2D eigenvalue weighted by Gasteiger charge is -2.23. The zero-order valence-electron chi connectivity index (χ0n) is 21.3. The standard InChI is InChI=1S/C27H35N7O2/c1-4-6-24(35)33(21-9-10-21)22-8-5-7-19(15-22)16-28-27-32-26(30-20-11-13-36-14-12-20)31-25-23(18(2)3)17-29-34(25)27/h4-8,15,17-18,20-21H,9-14,16H2,1-3H3,(H2,28,30,31,32). The lowest BCUT2D eigenvalue weighted by atomic mass is 10.1. The molecule has 0 atom stereocenters. The van der Waals surface area contributed by atoms with E-state index in [0.717, 1.165) is 61.4 Å². The van der Waals surface area contributed by atoms with Crippen molar-refractivity contribution in [3.63, 3.8) is 0 Å². The number of anilines is 3. The van der Waals surface area contributed by atoms with Crippen LogP contribution in [0.1, 0.15) is 63.5 Å². The first kappa shape index (κ1) is 24.2. The lowest BCUT2D eigenvalue weighted by Crippen LogP contribution is -2.31. The second-order valence-corrected chi connectivity index (χ2v) is 9.85. The highest BCUT2D eigenvalue weighted by molar-refractivity contribution is 6.02. The van der Waals surface area contributed by atoms with E-state index in [4.69, 9.17) is 14.7 Å². The number of amides is 1. The lowest BCUT2D eigenvalue weighted by molar-refractivity contribution is -0.114. The summed E-state index contributed by atoms with van der Waals surface area (Å²) in [7, 11) is 0. The fourth-order valence-electron chi connectivity index (χ4n) is 4.58. The van der Waals surface area contributed by atoms with Crippen molar-refractivity contribution in [3.8, 4) is 0 Å². The fourth-order valence-corrected chi connectivity index (χ4v) is 4.58. The minimum Gasteiger partial charge on any atom is -0.381 e. The Labute approximate surface area is 212 Å². The van der Waals surface area contributed by atoms with Gasteiger partial charge in [0, 0.05) is 43.1 Å². The molecule has 0 bridgehead atoms. The number of ether oxygens (including phenoxy) is 1. The Hall–Kier alpha value is -3.46. The summed E-state index contributed by atoms with van der Waals surface area (Å²) < 4.78 is 7.27. The number of rotatable bonds is 9. The van der Waals surface area contributed by atoms with Crippen LogP contribution in [0.5, 0.6) is 0 Å². The van der Waals surface area contributed by atoms with Crippen molar-refractivity contribution < 1.29 is 9.53 Å². The van der Waals surface area contributed by atoms with Gasteiger partial charge in [0.05, 0.1) is 6.20 Å². The molecule has 9 heteroatoms. The van der Waals surface area contributed by atoms with E-state index in [1.807, 2.05) is 30.2 Å². The van der Waals surface area contributed by atoms with Crippen LogP contribution in [0.25, 0.3) is 5.65 Å². The van der Waals surface area contributed by atoms with Crippen LogP contribution in [0.3, 0.4) is 0 Å². The minimum atomic E-state index is 0.0317. The molecule has 1 saturated heterocycles. The van der Waals surface area contributed by atoms with Crippen LogP contribution in [-0.4, -0.2) is 50.8 Å². The van der Waals surface area contributed by atoms with Gasteiger partial charge in [0.15, 0.2) is 5.65 Å². The van der Waals surface area contributed by atoms with Gasteiger partial charge in [-0.3, -0.25) is 4.79 Å². The van der Waals surface area contributed by atoms with Crippen molar-refractivity contribution in [3.05, 3.63) is 53.7 Å². The zero-order valence-corrected chi connectivity index (χ0v) is 21.3. The largest absolute Gasteiger partial charge is 0.381 e. The van der Waals surface area contributed by atoms with E-state index >= 15 is 0 Å². The number of carbonyl (C=O) groups is 1. The van der Waals surface area contributed by atoms with Crippen LogP contribution >= 0.6 is 0 Å². The van der Waals surface area contributed by atoms with E-state index in [-0.39, 0.29) is 11.9 Å². The second kappa shape index (κ2) is 10.7. The summed E-state index contributed by atoms with van der Waals surface area (Å²) >= 11 is 0. The zero-order chi connectivity index (χ0) is 25.1. The molecule has 2 N–H and O–H groups in total. The van der Waals surface area contributed by atoms with E-state index in [1.54, 1.807) is 16.7 Å². The number of hydrogen-bond acceptors (Lipinski definition) is 7. The van der Waals surface area contributed by atoms with Gasteiger partial charge in [0.1, 0.15) is 0 Å². The highest BCUT2D eigenvalue weighted by Gasteiger charge is 2.32. The Morgan fingerprint density at radius 2 is 2.03 bits per heavy atom. The summed E-state index contributed by atoms with van der Waals surface area (Å²) in [6, 6.07) is 8.72. The molecule has 1 saturated carbocycles. The van der Waals surface area contributed by atoms with Gasteiger partial charge in [-0.2, -0.15) is 19.6 Å². The molecule has 2 aromatic heterocycles. The molecule has 1 aromatic carbocycles. The van der Waals surface area contributed by atoms with E-state index in [0.29, 0.717) is 30.4 Å². The normalized spacial score (nSPS) is 16.7. The predicted molar refractivity (Wildman–Crippen MR) is 141 cm³/mol. The molecule has 3 aromatic rings. The first-order valence-corrected chi connectivity index (χ1v) is 12.9. The van der Waals surface area contributed by atoms with Gasteiger partial charge in [0.2, 0.25) is 11.9 Å². The van der Waals surface area contributed by atoms with Crippen LogP contribution in [0.15, 0.2) is 42.6 Å². The Kier molecular flexibility index (Phi) is 7.18. The predicted octanol–water partition coefficient (Wildman–Crippen LogP) is 4.52. The van der Waals surface area contributed by atoms with Gasteiger partial charge in [-0.05, 0) is 62.3 Å². The van der Waals surface area contributed by atoms with Gasteiger partial charge < -0.3 is 20.3 Å². The average Bonchev–Trinajstić information content (AvgIpc) is 3.60. The maximum atomic E-state index is 12.7. The van der Waals surface area contributed by atoms with Gasteiger partial charge in [0.25, 0.3) is 5.91 Å². The summed E-state index contributed by atoms with van der Waals surface area (Å²) in [6.45, 7) is 8.20. The molecule has 190 valence electrons. The smallest absolute Gasteiger partial charge is 0.250 e. The van der Waals surface area contributed by atoms with Crippen LogP contribution in [0.2, 0.25) is 0 Å². The SMILES string of the molecule is CC=CC(=O)N(c1cccc(CNc2nc(NC3CCOCC3)nc3c(C(C)C)cnn23)c1)C1CC1. The highest BCUT2D eigenvalue weighted by atomic mass is 16.5. The fraction of sp³-hybridized carbons (Fsp3) is 0.481. The van der Waals surface area contributed by atoms with Crippen molar-refractivity contribution in [2.45, 2.75) is 71.0 Å². The van der Waals surface area contributed by atoms with Gasteiger partial charge in [-0.1, -0.05) is 32.1 Å². The number of nitrogens with one attached hydrogen (secondary N) is 2. The molecule has 2 aliphatic rings. The number of nitrogens with zero attached hydrogens (tertiary/aromatic N) is 5. The third-order valence-electron chi connectivity index (χ3n) is 6.67. The van der Waals surface area contributed by atoms with Crippen LogP contribution < -0.4 is 15.5 Å². The number of allylic oxidation sites excluding steroid dienone is 1. The number of benzene rings is 1. The van der Waals surface area contributed by atoms with Gasteiger partial charge in [-0.25, -0.2) is 0 Å². The molecule has 9 nitrogen and oxygen atoms in total. The molecule has 1 aliphatic carbocycles. The Balaban J connectivity index is 1.40. The summed E-state index contributed by atoms with van der Waals surface area (Å²) in [5, 5.41) is 11.5. The molecule has 2 fully saturated rings. The second-order valence-electron chi connectivity index (χ2n) is 9.85. The summed E-state index contributed by atoms with van der Waals surface area (Å²) in [5.41, 5.74) is 3.88. The number of hydrogen-bond donors (Lipinski definition) is 2. The van der Waals surface area contributed by atoms with Crippen molar-refractivity contribution in [2.24, 2.45) is 0 Å². The van der Waals surface area contributed by atoms with Crippen molar-refractivity contribution in [1.29, 1.82) is 0 Å². The van der Waals surface area contributed by atoms with Crippen molar-refractivity contribution in [1.82, 2.24) is 19.6 Å². The Morgan fingerprint density at radius 1 is 1.22 bits per heavy atom. The Bertz CT molecular complexity index is 1240. The minimum absolute atomic E-state index is 0.0317. The number of aromatic nitrogens is 4. The van der Waals surface area contributed by atoms with Gasteiger partial charge in [-0.15, -0.1) is 0 Å². The van der Waals surface area contributed by atoms with Gasteiger partial charge >= 0.3 is 0 Å². The summed E-state index contributed by atoms with van der Waals surface area (Å²) in [5.74, 6) is 1.56. The van der Waals surface area contributed by atoms with Crippen molar-refractivity contribution in [2.75, 3.05) is 28.7 Å². The first-order valence-electron chi connectivity index (χ1n) is 12.9. The van der Waals surface area contributed by atoms with E-state index in [1.165, 1.54) is 0 Å². The average molecular weight is 490 g/mol. The maximum Gasteiger partial charge on any atom is 0.250 e. The molecular formula is C27H35N7O2. The molecule has 0 unspecified atom stereocenters. The quantitative estimate of drug-likeness (QED) is 0.427. The topological polar surface area (TPSA) is 96.7 Å².